The van der Waals surface area contributed by atoms with Crippen molar-refractivity contribution in [3.63, 3.8) is 0 Å². The number of rotatable bonds is 4. The van der Waals surface area contributed by atoms with Gasteiger partial charge in [0.15, 0.2) is 6.04 Å². The number of ether oxygens (including phenoxy) is 1. The molecule has 1 rings (SSSR count). The number of nitrogens with one attached hydrogen (secondary N) is 1. The molecule has 0 saturated heterocycles. The Morgan fingerprint density at radius 2 is 2.06 bits per heavy atom. The first kappa shape index (κ1) is 14.0. The SMILES string of the molecule is CCOC(=O)C(N)C(=O)NC1CCCCC1C. The summed E-state index contributed by atoms with van der Waals surface area (Å²) in [5.41, 5.74) is 5.52. The van der Waals surface area contributed by atoms with Crippen molar-refractivity contribution in [1.29, 1.82) is 0 Å². The van der Waals surface area contributed by atoms with Crippen molar-refractivity contribution in [2.75, 3.05) is 6.61 Å². The average molecular weight is 242 g/mol. The van der Waals surface area contributed by atoms with Gasteiger partial charge < -0.3 is 15.8 Å². The van der Waals surface area contributed by atoms with Gasteiger partial charge in [0.25, 0.3) is 0 Å². The highest BCUT2D eigenvalue weighted by Gasteiger charge is 2.28. The van der Waals surface area contributed by atoms with Crippen molar-refractivity contribution >= 4 is 11.9 Å². The normalized spacial score (nSPS) is 26.1. The second-order valence-corrected chi connectivity index (χ2v) is 4.61. The second-order valence-electron chi connectivity index (χ2n) is 4.61. The Balaban J connectivity index is 2.44. The summed E-state index contributed by atoms with van der Waals surface area (Å²) < 4.78 is 4.72. The Morgan fingerprint density at radius 1 is 1.41 bits per heavy atom. The third-order valence-electron chi connectivity index (χ3n) is 3.26. The summed E-state index contributed by atoms with van der Waals surface area (Å²) in [6, 6.07) is -1.07. The van der Waals surface area contributed by atoms with E-state index in [1.165, 1.54) is 6.42 Å². The van der Waals surface area contributed by atoms with Gasteiger partial charge in [-0.2, -0.15) is 0 Å². The van der Waals surface area contributed by atoms with E-state index in [4.69, 9.17) is 10.5 Å². The number of carbonyl (C=O) groups excluding carboxylic acids is 2. The molecule has 0 aromatic heterocycles. The fraction of sp³-hybridized carbons (Fsp3) is 0.833. The predicted octanol–water partition coefficient (Wildman–Crippen LogP) is 0.572. The van der Waals surface area contributed by atoms with Gasteiger partial charge in [0, 0.05) is 6.04 Å². The van der Waals surface area contributed by atoms with Crippen LogP contribution in [0.4, 0.5) is 0 Å². The van der Waals surface area contributed by atoms with Crippen LogP contribution < -0.4 is 11.1 Å². The highest BCUT2D eigenvalue weighted by Crippen LogP contribution is 2.23. The van der Waals surface area contributed by atoms with E-state index in [0.29, 0.717) is 5.92 Å². The molecule has 0 radical (unpaired) electrons. The topological polar surface area (TPSA) is 81.4 Å². The van der Waals surface area contributed by atoms with E-state index in [0.717, 1.165) is 19.3 Å². The average Bonchev–Trinajstić information content (AvgIpc) is 2.31. The minimum Gasteiger partial charge on any atom is -0.464 e. The van der Waals surface area contributed by atoms with Crippen LogP contribution in [0.5, 0.6) is 0 Å². The molecule has 0 aromatic carbocycles. The lowest BCUT2D eigenvalue weighted by molar-refractivity contribution is -0.148. The number of hydrogen-bond donors (Lipinski definition) is 2. The van der Waals surface area contributed by atoms with E-state index in [1.54, 1.807) is 6.92 Å². The molecule has 1 saturated carbocycles. The van der Waals surface area contributed by atoms with Crippen LogP contribution in [0.1, 0.15) is 39.5 Å². The first-order chi connectivity index (χ1) is 8.06. The van der Waals surface area contributed by atoms with Gasteiger partial charge in [0.1, 0.15) is 0 Å². The maximum atomic E-state index is 11.7. The zero-order valence-electron chi connectivity index (χ0n) is 10.6. The molecule has 5 nitrogen and oxygen atoms in total. The summed E-state index contributed by atoms with van der Waals surface area (Å²) in [7, 11) is 0. The number of carbonyl (C=O) groups is 2. The van der Waals surface area contributed by atoms with E-state index in [-0.39, 0.29) is 12.6 Å². The third kappa shape index (κ3) is 4.00. The maximum Gasteiger partial charge on any atom is 0.332 e. The minimum absolute atomic E-state index is 0.136. The minimum atomic E-state index is -1.20. The van der Waals surface area contributed by atoms with Crippen molar-refractivity contribution in [3.8, 4) is 0 Å². The molecule has 0 heterocycles. The smallest absolute Gasteiger partial charge is 0.332 e. The van der Waals surface area contributed by atoms with Crippen LogP contribution >= 0.6 is 0 Å². The molecule has 0 bridgehead atoms. The molecule has 5 heteroatoms. The molecule has 0 aliphatic heterocycles. The summed E-state index contributed by atoms with van der Waals surface area (Å²) >= 11 is 0. The molecular formula is C12H22N2O3. The van der Waals surface area contributed by atoms with E-state index in [1.807, 2.05) is 0 Å². The first-order valence-corrected chi connectivity index (χ1v) is 6.28. The molecule has 3 N–H and O–H groups in total. The van der Waals surface area contributed by atoms with Gasteiger partial charge in [-0.25, -0.2) is 4.79 Å². The van der Waals surface area contributed by atoms with E-state index in [9.17, 15) is 9.59 Å². The monoisotopic (exact) mass is 242 g/mol. The van der Waals surface area contributed by atoms with Gasteiger partial charge in [0.05, 0.1) is 6.61 Å². The largest absolute Gasteiger partial charge is 0.464 e. The molecule has 1 aliphatic carbocycles. The van der Waals surface area contributed by atoms with Crippen LogP contribution in [0.25, 0.3) is 0 Å². The van der Waals surface area contributed by atoms with Gasteiger partial charge in [-0.3, -0.25) is 4.79 Å². The predicted molar refractivity (Wildman–Crippen MR) is 64.2 cm³/mol. The van der Waals surface area contributed by atoms with Crippen LogP contribution in [-0.4, -0.2) is 30.6 Å². The number of amides is 1. The zero-order valence-corrected chi connectivity index (χ0v) is 10.6. The van der Waals surface area contributed by atoms with Crippen LogP contribution in [0.3, 0.4) is 0 Å². The van der Waals surface area contributed by atoms with Gasteiger partial charge in [-0.1, -0.05) is 19.8 Å². The molecule has 3 atom stereocenters. The first-order valence-electron chi connectivity index (χ1n) is 6.28. The van der Waals surface area contributed by atoms with E-state index in [2.05, 4.69) is 12.2 Å². The number of esters is 1. The summed E-state index contributed by atoms with van der Waals surface area (Å²) in [4.78, 5) is 23.0. The van der Waals surface area contributed by atoms with Gasteiger partial charge in [0.2, 0.25) is 5.91 Å². The van der Waals surface area contributed by atoms with Crippen LogP contribution in [-0.2, 0) is 14.3 Å². The third-order valence-corrected chi connectivity index (χ3v) is 3.26. The Bertz CT molecular complexity index is 281. The fourth-order valence-electron chi connectivity index (χ4n) is 2.14. The standard InChI is InChI=1S/C12H22N2O3/c1-3-17-12(16)10(13)11(15)14-9-7-5-4-6-8(9)2/h8-10H,3-7,13H2,1-2H3,(H,14,15). The summed E-state index contributed by atoms with van der Waals surface area (Å²) in [6.07, 6.45) is 4.39. The molecule has 98 valence electrons. The van der Waals surface area contributed by atoms with Crippen molar-refractivity contribution < 1.29 is 14.3 Å². The quantitative estimate of drug-likeness (QED) is 0.558. The molecule has 0 aromatic rings. The summed E-state index contributed by atoms with van der Waals surface area (Å²) in [6.45, 7) is 4.03. The fourth-order valence-corrected chi connectivity index (χ4v) is 2.14. The van der Waals surface area contributed by atoms with Crippen LogP contribution in [0.2, 0.25) is 0 Å². The van der Waals surface area contributed by atoms with E-state index >= 15 is 0 Å². The molecule has 1 amide bonds. The van der Waals surface area contributed by atoms with Gasteiger partial charge in [-0.05, 0) is 25.7 Å². The Hall–Kier alpha value is -1.10. The van der Waals surface area contributed by atoms with Crippen molar-refractivity contribution in [2.24, 2.45) is 11.7 Å². The summed E-state index contributed by atoms with van der Waals surface area (Å²) in [5.74, 6) is -0.641. The van der Waals surface area contributed by atoms with Crippen molar-refractivity contribution in [1.82, 2.24) is 5.32 Å². The Labute approximate surface area is 102 Å². The van der Waals surface area contributed by atoms with Crippen LogP contribution in [0.15, 0.2) is 0 Å². The van der Waals surface area contributed by atoms with Crippen molar-refractivity contribution in [2.45, 2.75) is 51.6 Å². The maximum absolute atomic E-state index is 11.7. The number of nitrogens with two attached hydrogens (primary N) is 1. The lowest BCUT2D eigenvalue weighted by Crippen LogP contribution is -2.52. The molecule has 1 aliphatic rings. The Morgan fingerprint density at radius 3 is 2.65 bits per heavy atom. The van der Waals surface area contributed by atoms with Crippen LogP contribution in [0, 0.1) is 5.92 Å². The molecular weight excluding hydrogens is 220 g/mol. The molecule has 1 fully saturated rings. The molecule has 17 heavy (non-hydrogen) atoms. The second kappa shape index (κ2) is 6.59. The highest BCUT2D eigenvalue weighted by atomic mass is 16.5. The Kier molecular flexibility index (Phi) is 5.41. The lowest BCUT2D eigenvalue weighted by Gasteiger charge is -2.30. The summed E-state index contributed by atoms with van der Waals surface area (Å²) in [5, 5.41) is 2.84. The number of hydrogen-bond acceptors (Lipinski definition) is 4. The highest BCUT2D eigenvalue weighted by molar-refractivity contribution is 6.01. The zero-order chi connectivity index (χ0) is 12.8. The van der Waals surface area contributed by atoms with E-state index < -0.39 is 17.9 Å². The van der Waals surface area contributed by atoms with Gasteiger partial charge >= 0.3 is 5.97 Å². The van der Waals surface area contributed by atoms with Gasteiger partial charge in [-0.15, -0.1) is 0 Å². The molecule has 3 unspecified atom stereocenters. The lowest BCUT2D eigenvalue weighted by atomic mass is 9.86. The van der Waals surface area contributed by atoms with Crippen molar-refractivity contribution in [3.05, 3.63) is 0 Å². The molecule has 0 spiro atoms.